The van der Waals surface area contributed by atoms with Gasteiger partial charge in [0, 0.05) is 31.7 Å². The molecule has 98 valence electrons. The maximum absolute atomic E-state index is 11.9. The van der Waals surface area contributed by atoms with Gasteiger partial charge in [-0.3, -0.25) is 4.79 Å². The molecule has 8 heteroatoms. The number of carbonyl (C=O) groups excluding carboxylic acids is 1. The second-order valence-corrected chi connectivity index (χ2v) is 8.89. The summed E-state index contributed by atoms with van der Waals surface area (Å²) in [5.74, 6) is -0.218. The van der Waals surface area contributed by atoms with Crippen molar-refractivity contribution in [3.05, 3.63) is 26.2 Å². The third-order valence-electron chi connectivity index (χ3n) is 2.69. The van der Waals surface area contributed by atoms with Crippen molar-refractivity contribution in [1.82, 2.24) is 0 Å². The van der Waals surface area contributed by atoms with Crippen molar-refractivity contribution in [2.75, 3.05) is 11.4 Å². The highest BCUT2D eigenvalue weighted by molar-refractivity contribution is 14.1. The van der Waals surface area contributed by atoms with Gasteiger partial charge in [0.2, 0.25) is 15.0 Å². The summed E-state index contributed by atoms with van der Waals surface area (Å²) in [6.45, 7) is 0.113. The molecule has 1 fully saturated rings. The van der Waals surface area contributed by atoms with Gasteiger partial charge in [-0.15, -0.1) is 0 Å². The first-order valence-corrected chi connectivity index (χ1v) is 9.22. The summed E-state index contributed by atoms with van der Waals surface area (Å²) in [6.07, 6.45) is -0.0576. The van der Waals surface area contributed by atoms with Crippen molar-refractivity contribution >= 4 is 69.8 Å². The van der Waals surface area contributed by atoms with Gasteiger partial charge < -0.3 is 4.90 Å². The molecule has 18 heavy (non-hydrogen) atoms. The number of amides is 1. The van der Waals surface area contributed by atoms with Crippen LogP contribution in [0.5, 0.6) is 0 Å². The monoisotopic (exact) mass is 463 g/mol. The molecule has 1 atom stereocenters. The second kappa shape index (κ2) is 5.26. The summed E-state index contributed by atoms with van der Waals surface area (Å²) in [6, 6.07) is 5.46. The fourth-order valence-corrected chi connectivity index (χ4v) is 4.42. The molecule has 1 saturated heterocycles. The SMILES string of the molecule is O=C1CC(S(=O)(=O)Cl)CN1c1ccc(Br)cc1I. The molecule has 4 nitrogen and oxygen atoms in total. The molecule has 1 aromatic rings. The summed E-state index contributed by atoms with van der Waals surface area (Å²) in [7, 11) is 1.61. The van der Waals surface area contributed by atoms with Gasteiger partial charge in [0.25, 0.3) is 0 Å². The molecule has 2 rings (SSSR count). The molecule has 1 amide bonds. The van der Waals surface area contributed by atoms with Crippen LogP contribution in [0.3, 0.4) is 0 Å². The Kier molecular flexibility index (Phi) is 4.25. The number of carbonyl (C=O) groups is 1. The van der Waals surface area contributed by atoms with Crippen LogP contribution in [0.25, 0.3) is 0 Å². The molecule has 0 spiro atoms. The molecule has 1 unspecified atom stereocenters. The number of halogens is 3. The minimum Gasteiger partial charge on any atom is -0.310 e. The van der Waals surface area contributed by atoms with Crippen LogP contribution < -0.4 is 4.90 Å². The van der Waals surface area contributed by atoms with E-state index in [2.05, 4.69) is 38.5 Å². The van der Waals surface area contributed by atoms with Crippen LogP contribution in [0.2, 0.25) is 0 Å². The highest BCUT2D eigenvalue weighted by atomic mass is 127. The smallest absolute Gasteiger partial charge is 0.237 e. The van der Waals surface area contributed by atoms with E-state index in [-0.39, 0.29) is 18.9 Å². The Bertz CT molecular complexity index is 607. The molecule has 0 saturated carbocycles. The van der Waals surface area contributed by atoms with E-state index in [0.29, 0.717) is 5.69 Å². The van der Waals surface area contributed by atoms with Crippen molar-refractivity contribution < 1.29 is 13.2 Å². The van der Waals surface area contributed by atoms with E-state index in [9.17, 15) is 13.2 Å². The molecule has 0 aromatic heterocycles. The van der Waals surface area contributed by atoms with Gasteiger partial charge in [0.05, 0.1) is 5.69 Å². The number of hydrogen-bond donors (Lipinski definition) is 0. The zero-order chi connectivity index (χ0) is 13.5. The van der Waals surface area contributed by atoms with Crippen molar-refractivity contribution in [2.45, 2.75) is 11.7 Å². The standard InChI is InChI=1S/C10H8BrClINO3S/c11-6-1-2-9(8(13)3-6)14-5-7(4-10(14)15)18(12,16)17/h1-3,7H,4-5H2. The van der Waals surface area contributed by atoms with E-state index in [1.165, 1.54) is 4.90 Å². The van der Waals surface area contributed by atoms with E-state index in [1.807, 2.05) is 12.1 Å². The number of anilines is 1. The number of nitrogens with zero attached hydrogens (tertiary/aromatic N) is 1. The minimum atomic E-state index is -3.70. The maximum Gasteiger partial charge on any atom is 0.237 e. The molecule has 0 N–H and O–H groups in total. The molecule has 1 aromatic carbocycles. The quantitative estimate of drug-likeness (QED) is 0.500. The van der Waals surface area contributed by atoms with Crippen molar-refractivity contribution in [1.29, 1.82) is 0 Å². The van der Waals surface area contributed by atoms with Crippen LogP contribution in [0.1, 0.15) is 6.42 Å². The molecule has 1 heterocycles. The Morgan fingerprint density at radius 2 is 2.11 bits per heavy atom. The lowest BCUT2D eigenvalue weighted by Gasteiger charge is -2.18. The number of benzene rings is 1. The normalized spacial score (nSPS) is 20.5. The average molecular weight is 465 g/mol. The van der Waals surface area contributed by atoms with Gasteiger partial charge in [-0.25, -0.2) is 8.42 Å². The second-order valence-electron chi connectivity index (χ2n) is 3.90. The Labute approximate surface area is 131 Å². The fourth-order valence-electron chi connectivity index (χ4n) is 1.80. The van der Waals surface area contributed by atoms with Gasteiger partial charge in [-0.2, -0.15) is 0 Å². The van der Waals surface area contributed by atoms with Gasteiger partial charge in [0.15, 0.2) is 0 Å². The van der Waals surface area contributed by atoms with Crippen molar-refractivity contribution in [2.24, 2.45) is 0 Å². The Balaban J connectivity index is 2.33. The highest BCUT2D eigenvalue weighted by Gasteiger charge is 2.38. The first-order valence-electron chi connectivity index (χ1n) is 4.98. The van der Waals surface area contributed by atoms with Gasteiger partial charge >= 0.3 is 0 Å². The van der Waals surface area contributed by atoms with Crippen LogP contribution in [0, 0.1) is 3.57 Å². The summed E-state index contributed by atoms with van der Waals surface area (Å²) < 4.78 is 24.3. The molecular weight excluding hydrogens is 456 g/mol. The Morgan fingerprint density at radius 3 is 2.61 bits per heavy atom. The first-order chi connectivity index (χ1) is 8.29. The van der Waals surface area contributed by atoms with Gasteiger partial charge in [0.1, 0.15) is 5.25 Å². The zero-order valence-electron chi connectivity index (χ0n) is 8.94. The van der Waals surface area contributed by atoms with E-state index < -0.39 is 14.3 Å². The molecule has 0 aliphatic carbocycles. The zero-order valence-corrected chi connectivity index (χ0v) is 14.3. The molecule has 0 bridgehead atoms. The first kappa shape index (κ1) is 14.5. The maximum atomic E-state index is 11.9. The minimum absolute atomic E-state index is 0.0576. The van der Waals surface area contributed by atoms with E-state index >= 15 is 0 Å². The van der Waals surface area contributed by atoms with E-state index in [0.717, 1.165) is 8.04 Å². The Hall–Kier alpha value is 0.140. The van der Waals surface area contributed by atoms with Crippen molar-refractivity contribution in [3.8, 4) is 0 Å². The average Bonchev–Trinajstić information content (AvgIpc) is 2.60. The third kappa shape index (κ3) is 3.00. The summed E-state index contributed by atoms with van der Waals surface area (Å²) in [4.78, 5) is 13.3. The van der Waals surface area contributed by atoms with E-state index in [4.69, 9.17) is 10.7 Å². The molecule has 0 radical (unpaired) electrons. The van der Waals surface area contributed by atoms with E-state index in [1.54, 1.807) is 6.07 Å². The lowest BCUT2D eigenvalue weighted by atomic mass is 10.3. The highest BCUT2D eigenvalue weighted by Crippen LogP contribution is 2.31. The van der Waals surface area contributed by atoms with Gasteiger partial charge in [-0.1, -0.05) is 15.9 Å². The largest absolute Gasteiger partial charge is 0.310 e. The molecule has 1 aliphatic heterocycles. The third-order valence-corrected chi connectivity index (χ3v) is 5.91. The summed E-state index contributed by atoms with van der Waals surface area (Å²) >= 11 is 5.45. The fraction of sp³-hybridized carbons (Fsp3) is 0.300. The topological polar surface area (TPSA) is 54.5 Å². The van der Waals surface area contributed by atoms with Crippen LogP contribution >= 0.6 is 49.2 Å². The molecule has 1 aliphatic rings. The number of rotatable bonds is 2. The van der Waals surface area contributed by atoms with Crippen LogP contribution in [0.4, 0.5) is 5.69 Å². The lowest BCUT2D eigenvalue weighted by molar-refractivity contribution is -0.117. The van der Waals surface area contributed by atoms with Gasteiger partial charge in [-0.05, 0) is 40.8 Å². The molecular formula is C10H8BrClINO3S. The summed E-state index contributed by atoms with van der Waals surface area (Å²) in [5, 5.41) is -0.828. The van der Waals surface area contributed by atoms with Crippen LogP contribution in [-0.4, -0.2) is 26.1 Å². The van der Waals surface area contributed by atoms with Crippen LogP contribution in [0.15, 0.2) is 22.7 Å². The Morgan fingerprint density at radius 1 is 1.44 bits per heavy atom. The predicted molar refractivity (Wildman–Crippen MR) is 82.4 cm³/mol. The summed E-state index contributed by atoms with van der Waals surface area (Å²) in [5.41, 5.74) is 0.714. The van der Waals surface area contributed by atoms with Crippen molar-refractivity contribution in [3.63, 3.8) is 0 Å². The van der Waals surface area contributed by atoms with Crippen LogP contribution in [-0.2, 0) is 13.8 Å². The number of hydrogen-bond acceptors (Lipinski definition) is 3. The predicted octanol–water partition coefficient (Wildman–Crippen LogP) is 2.73. The lowest BCUT2D eigenvalue weighted by Crippen LogP contribution is -2.27.